The Bertz CT molecular complexity index is 649. The van der Waals surface area contributed by atoms with Gasteiger partial charge in [0, 0.05) is 44.8 Å². The number of amides is 2. The summed E-state index contributed by atoms with van der Waals surface area (Å²) in [4.78, 5) is 37.3. The number of carbonyl (C=O) groups is 2. The largest absolute Gasteiger partial charge is 0.384 e. The van der Waals surface area contributed by atoms with Crippen LogP contribution in [0, 0.1) is 12.3 Å². The molecule has 1 aromatic rings. The molecule has 2 amide bonds. The van der Waals surface area contributed by atoms with E-state index in [0.29, 0.717) is 32.5 Å². The van der Waals surface area contributed by atoms with Crippen LogP contribution in [0.3, 0.4) is 0 Å². The highest BCUT2D eigenvalue weighted by Crippen LogP contribution is 2.39. The van der Waals surface area contributed by atoms with Gasteiger partial charge in [-0.25, -0.2) is 0 Å². The van der Waals surface area contributed by atoms with Crippen molar-refractivity contribution in [3.63, 3.8) is 0 Å². The third-order valence-electron chi connectivity index (χ3n) is 5.47. The molecule has 0 unspecified atom stereocenters. The molecule has 7 nitrogen and oxygen atoms in total. The standard InChI is InChI=1S/C19H28N4O3/c1-15-10-21-16(11-20-15)12-23-14-19(7-4-17(23)24)6-3-8-22(13-19)18(25)5-9-26-2/h10-11H,3-9,12-14H2,1-2H3/t19-/m1/s1. The minimum Gasteiger partial charge on any atom is -0.384 e. The van der Waals surface area contributed by atoms with Crippen LogP contribution in [-0.2, 0) is 20.9 Å². The van der Waals surface area contributed by atoms with Crippen LogP contribution < -0.4 is 0 Å². The van der Waals surface area contributed by atoms with Gasteiger partial charge in [-0.15, -0.1) is 0 Å². The topological polar surface area (TPSA) is 75.6 Å². The predicted molar refractivity (Wildman–Crippen MR) is 96.2 cm³/mol. The number of ether oxygens (including phenoxy) is 1. The number of nitrogens with zero attached hydrogens (tertiary/aromatic N) is 4. The Morgan fingerprint density at radius 1 is 1.27 bits per heavy atom. The average molecular weight is 360 g/mol. The molecule has 7 heteroatoms. The SMILES string of the molecule is COCCC(=O)N1CCC[C@@]2(CCC(=O)N(Cc3cnc(C)cn3)C2)C1. The molecular formula is C19H28N4O3. The second-order valence-electron chi connectivity index (χ2n) is 7.56. The van der Waals surface area contributed by atoms with Crippen LogP contribution in [0.25, 0.3) is 0 Å². The quantitative estimate of drug-likeness (QED) is 0.796. The summed E-state index contributed by atoms with van der Waals surface area (Å²) < 4.78 is 5.03. The number of aryl methyl sites for hydroxylation is 1. The first kappa shape index (κ1) is 18.8. The molecule has 142 valence electrons. The van der Waals surface area contributed by atoms with Crippen molar-refractivity contribution in [1.82, 2.24) is 19.8 Å². The van der Waals surface area contributed by atoms with Gasteiger partial charge in [0.15, 0.2) is 0 Å². The van der Waals surface area contributed by atoms with Crippen molar-refractivity contribution >= 4 is 11.8 Å². The van der Waals surface area contributed by atoms with Gasteiger partial charge >= 0.3 is 0 Å². The summed E-state index contributed by atoms with van der Waals surface area (Å²) in [6, 6.07) is 0. The fraction of sp³-hybridized carbons (Fsp3) is 0.684. The second-order valence-corrected chi connectivity index (χ2v) is 7.56. The maximum Gasteiger partial charge on any atom is 0.224 e. The number of rotatable bonds is 5. The van der Waals surface area contributed by atoms with Gasteiger partial charge in [0.05, 0.1) is 37.2 Å². The molecule has 3 heterocycles. The van der Waals surface area contributed by atoms with Crippen molar-refractivity contribution in [2.45, 2.75) is 45.6 Å². The van der Waals surface area contributed by atoms with Crippen LogP contribution in [0.4, 0.5) is 0 Å². The zero-order valence-electron chi connectivity index (χ0n) is 15.7. The molecular weight excluding hydrogens is 332 g/mol. The lowest BCUT2D eigenvalue weighted by molar-refractivity contribution is -0.144. The van der Waals surface area contributed by atoms with Gasteiger partial charge in [-0.1, -0.05) is 0 Å². The highest BCUT2D eigenvalue weighted by Gasteiger charge is 2.42. The van der Waals surface area contributed by atoms with Gasteiger partial charge in [0.1, 0.15) is 0 Å². The summed E-state index contributed by atoms with van der Waals surface area (Å²) >= 11 is 0. The van der Waals surface area contributed by atoms with Crippen molar-refractivity contribution in [1.29, 1.82) is 0 Å². The van der Waals surface area contributed by atoms with E-state index in [2.05, 4.69) is 9.97 Å². The summed E-state index contributed by atoms with van der Waals surface area (Å²) in [7, 11) is 1.61. The molecule has 3 rings (SSSR count). The molecule has 1 atom stereocenters. The number of methoxy groups -OCH3 is 1. The fourth-order valence-electron chi connectivity index (χ4n) is 4.04. The summed E-state index contributed by atoms with van der Waals surface area (Å²) in [5.74, 6) is 0.319. The highest BCUT2D eigenvalue weighted by atomic mass is 16.5. The number of aromatic nitrogens is 2. The van der Waals surface area contributed by atoms with Crippen LogP contribution >= 0.6 is 0 Å². The Balaban J connectivity index is 1.66. The molecule has 0 N–H and O–H groups in total. The van der Waals surface area contributed by atoms with E-state index < -0.39 is 0 Å². The first-order valence-corrected chi connectivity index (χ1v) is 9.33. The summed E-state index contributed by atoms with van der Waals surface area (Å²) in [5, 5.41) is 0. The van der Waals surface area contributed by atoms with E-state index in [9.17, 15) is 9.59 Å². The summed E-state index contributed by atoms with van der Waals surface area (Å²) in [5.41, 5.74) is 1.69. The average Bonchev–Trinajstić information content (AvgIpc) is 2.65. The van der Waals surface area contributed by atoms with Crippen LogP contribution in [0.5, 0.6) is 0 Å². The summed E-state index contributed by atoms with van der Waals surface area (Å²) in [6.45, 7) is 5.08. The second kappa shape index (κ2) is 8.12. The van der Waals surface area contributed by atoms with Gasteiger partial charge in [-0.2, -0.15) is 0 Å². The van der Waals surface area contributed by atoms with E-state index in [1.54, 1.807) is 19.5 Å². The summed E-state index contributed by atoms with van der Waals surface area (Å²) in [6.07, 6.45) is 7.35. The molecule has 2 aliphatic heterocycles. The van der Waals surface area contributed by atoms with E-state index in [4.69, 9.17) is 4.74 Å². The van der Waals surface area contributed by atoms with Gasteiger partial charge in [-0.3, -0.25) is 19.6 Å². The molecule has 2 aliphatic rings. The lowest BCUT2D eigenvalue weighted by Crippen LogP contribution is -2.55. The van der Waals surface area contributed by atoms with Crippen molar-refractivity contribution in [2.24, 2.45) is 5.41 Å². The van der Waals surface area contributed by atoms with E-state index in [1.807, 2.05) is 16.7 Å². The fourth-order valence-corrected chi connectivity index (χ4v) is 4.04. The van der Waals surface area contributed by atoms with Crippen LogP contribution in [0.1, 0.15) is 43.5 Å². The Labute approximate surface area is 154 Å². The molecule has 0 aromatic carbocycles. The van der Waals surface area contributed by atoms with E-state index in [-0.39, 0.29) is 17.2 Å². The number of hydrogen-bond donors (Lipinski definition) is 0. The lowest BCUT2D eigenvalue weighted by atomic mass is 9.73. The zero-order valence-corrected chi connectivity index (χ0v) is 15.7. The molecule has 1 aromatic heterocycles. The predicted octanol–water partition coefficient (Wildman–Crippen LogP) is 1.55. The highest BCUT2D eigenvalue weighted by molar-refractivity contribution is 5.78. The Morgan fingerprint density at radius 2 is 2.12 bits per heavy atom. The maximum atomic E-state index is 12.4. The molecule has 2 fully saturated rings. The molecule has 1 spiro atoms. The van der Waals surface area contributed by atoms with Crippen molar-refractivity contribution in [2.75, 3.05) is 33.4 Å². The molecule has 0 bridgehead atoms. The maximum absolute atomic E-state index is 12.4. The van der Waals surface area contributed by atoms with E-state index in [0.717, 1.165) is 43.7 Å². The number of piperidine rings is 2. The normalized spacial score (nSPS) is 23.5. The third-order valence-corrected chi connectivity index (χ3v) is 5.47. The van der Waals surface area contributed by atoms with Crippen LogP contribution in [0.2, 0.25) is 0 Å². The lowest BCUT2D eigenvalue weighted by Gasteiger charge is -2.48. The van der Waals surface area contributed by atoms with Gasteiger partial charge in [-0.05, 0) is 26.2 Å². The van der Waals surface area contributed by atoms with Gasteiger partial charge in [0.25, 0.3) is 0 Å². The molecule has 0 radical (unpaired) electrons. The van der Waals surface area contributed by atoms with Gasteiger partial charge in [0.2, 0.25) is 11.8 Å². The monoisotopic (exact) mass is 360 g/mol. The van der Waals surface area contributed by atoms with Crippen molar-refractivity contribution in [3.8, 4) is 0 Å². The van der Waals surface area contributed by atoms with E-state index >= 15 is 0 Å². The Kier molecular flexibility index (Phi) is 5.86. The van der Waals surface area contributed by atoms with E-state index in [1.165, 1.54) is 0 Å². The van der Waals surface area contributed by atoms with Crippen LogP contribution in [0.15, 0.2) is 12.4 Å². The molecule has 0 saturated carbocycles. The number of carbonyl (C=O) groups excluding carboxylic acids is 2. The molecule has 26 heavy (non-hydrogen) atoms. The van der Waals surface area contributed by atoms with Crippen LogP contribution in [-0.4, -0.2) is 64.9 Å². The zero-order chi connectivity index (χ0) is 18.6. The minimum absolute atomic E-state index is 0.00696. The first-order valence-electron chi connectivity index (χ1n) is 9.33. The van der Waals surface area contributed by atoms with Gasteiger partial charge < -0.3 is 14.5 Å². The first-order chi connectivity index (χ1) is 12.5. The molecule has 2 saturated heterocycles. The number of hydrogen-bond acceptors (Lipinski definition) is 5. The van der Waals surface area contributed by atoms with Crippen molar-refractivity contribution in [3.05, 3.63) is 23.8 Å². The minimum atomic E-state index is 0.00696. The smallest absolute Gasteiger partial charge is 0.224 e. The number of likely N-dealkylation sites (tertiary alicyclic amines) is 2. The third kappa shape index (κ3) is 4.38. The Morgan fingerprint density at radius 3 is 2.85 bits per heavy atom. The van der Waals surface area contributed by atoms with Crippen molar-refractivity contribution < 1.29 is 14.3 Å². The Hall–Kier alpha value is -2.02. The molecule has 0 aliphatic carbocycles.